The van der Waals surface area contributed by atoms with Crippen LogP contribution in [-0.4, -0.2) is 32.1 Å². The highest BCUT2D eigenvalue weighted by Crippen LogP contribution is 2.33. The number of carboxylic acids is 1. The lowest BCUT2D eigenvalue weighted by Gasteiger charge is -2.30. The molecule has 0 saturated carbocycles. The molecule has 4 aromatic rings. The first kappa shape index (κ1) is 27.3. The number of unbranched alkanes of at least 4 members (excludes halogenated alkanes) is 2. The van der Waals surface area contributed by atoms with Gasteiger partial charge in [0.05, 0.1) is 17.0 Å². The van der Waals surface area contributed by atoms with Gasteiger partial charge in [-0.25, -0.2) is 9.78 Å². The van der Waals surface area contributed by atoms with Gasteiger partial charge in [-0.1, -0.05) is 99.5 Å². The van der Waals surface area contributed by atoms with Crippen LogP contribution in [0.2, 0.25) is 0 Å². The van der Waals surface area contributed by atoms with E-state index in [4.69, 9.17) is 4.98 Å². The lowest BCUT2D eigenvalue weighted by atomic mass is 10.0. The average Bonchev–Trinajstić information content (AvgIpc) is 3.32. The maximum Gasteiger partial charge on any atom is 0.335 e. The zero-order chi connectivity index (χ0) is 26.9. The Balaban J connectivity index is 1.80. The fraction of sp³-hybridized carbons (Fsp3) is 0.333. The maximum atomic E-state index is 11.4. The topological polar surface area (TPSA) is 58.4 Å². The van der Waals surface area contributed by atoms with Crippen molar-refractivity contribution in [3.05, 3.63) is 102 Å². The molecule has 0 aliphatic rings. The van der Waals surface area contributed by atoms with Gasteiger partial charge >= 0.3 is 5.97 Å². The third kappa shape index (κ3) is 6.40. The standard InChI is InChI=1S/C33H39N3O2/c1-4-6-22-35(25(3)26-18-20-29(21-19-26)33(37)38)24-30-31(27-14-10-8-11-15-27)34-32(36(30)23-7-5-2)28-16-12-9-13-17-28/h8-21,25H,4-7,22-24H2,1-3H3,(H,37,38). The van der Waals surface area contributed by atoms with E-state index < -0.39 is 5.97 Å². The van der Waals surface area contributed by atoms with Crippen molar-refractivity contribution in [1.82, 2.24) is 14.5 Å². The first-order chi connectivity index (χ1) is 18.5. The fourth-order valence-corrected chi connectivity index (χ4v) is 4.92. The summed E-state index contributed by atoms with van der Waals surface area (Å²) in [4.78, 5) is 19.2. The molecule has 0 radical (unpaired) electrons. The van der Waals surface area contributed by atoms with Gasteiger partial charge in [-0.3, -0.25) is 4.90 Å². The average molecular weight is 510 g/mol. The van der Waals surface area contributed by atoms with Crippen LogP contribution in [0.5, 0.6) is 0 Å². The van der Waals surface area contributed by atoms with Gasteiger partial charge in [-0.15, -0.1) is 0 Å². The molecule has 38 heavy (non-hydrogen) atoms. The molecule has 1 unspecified atom stereocenters. The normalized spacial score (nSPS) is 12.1. The molecule has 3 aromatic carbocycles. The molecular weight excluding hydrogens is 470 g/mol. The number of nitrogens with zero attached hydrogens (tertiary/aromatic N) is 3. The molecule has 0 bridgehead atoms. The molecule has 4 rings (SSSR count). The Morgan fingerprint density at radius 2 is 1.47 bits per heavy atom. The predicted molar refractivity (Wildman–Crippen MR) is 155 cm³/mol. The van der Waals surface area contributed by atoms with Crippen molar-refractivity contribution in [2.24, 2.45) is 0 Å². The van der Waals surface area contributed by atoms with E-state index in [2.05, 4.69) is 78.8 Å². The van der Waals surface area contributed by atoms with Crippen LogP contribution >= 0.6 is 0 Å². The Labute approximate surface area is 226 Å². The van der Waals surface area contributed by atoms with Gasteiger partial charge < -0.3 is 9.67 Å². The highest BCUT2D eigenvalue weighted by Gasteiger charge is 2.24. The van der Waals surface area contributed by atoms with Crippen molar-refractivity contribution in [2.45, 2.75) is 65.6 Å². The molecule has 0 saturated heterocycles. The first-order valence-electron chi connectivity index (χ1n) is 13.8. The SMILES string of the molecule is CCCCN(Cc1c(-c2ccccc2)nc(-c2ccccc2)n1CCCC)C(C)c1ccc(C(=O)O)cc1. The number of carboxylic acid groups (broad SMARTS) is 1. The third-order valence-corrected chi connectivity index (χ3v) is 7.23. The summed E-state index contributed by atoms with van der Waals surface area (Å²) in [6, 6.07) is 28.4. The summed E-state index contributed by atoms with van der Waals surface area (Å²) >= 11 is 0. The summed E-state index contributed by atoms with van der Waals surface area (Å²) in [5.41, 5.74) is 5.96. The second kappa shape index (κ2) is 13.2. The van der Waals surface area contributed by atoms with Crippen LogP contribution in [-0.2, 0) is 13.1 Å². The summed E-state index contributed by atoms with van der Waals surface area (Å²) in [6.07, 6.45) is 4.39. The number of rotatable bonds is 13. The van der Waals surface area contributed by atoms with E-state index >= 15 is 0 Å². The summed E-state index contributed by atoms with van der Waals surface area (Å²) in [7, 11) is 0. The Kier molecular flexibility index (Phi) is 9.50. The van der Waals surface area contributed by atoms with Crippen LogP contribution in [0, 0.1) is 0 Å². The van der Waals surface area contributed by atoms with Gasteiger partial charge in [-0.2, -0.15) is 0 Å². The second-order valence-corrected chi connectivity index (χ2v) is 9.90. The van der Waals surface area contributed by atoms with Crippen molar-refractivity contribution in [1.29, 1.82) is 0 Å². The molecule has 0 spiro atoms. The van der Waals surface area contributed by atoms with E-state index in [1.165, 1.54) is 5.69 Å². The molecule has 0 fully saturated rings. The summed E-state index contributed by atoms with van der Waals surface area (Å²) < 4.78 is 2.43. The lowest BCUT2D eigenvalue weighted by molar-refractivity contribution is 0.0697. The van der Waals surface area contributed by atoms with E-state index in [9.17, 15) is 9.90 Å². The number of hydrogen-bond acceptors (Lipinski definition) is 3. The number of aromatic nitrogens is 2. The predicted octanol–water partition coefficient (Wildman–Crippen LogP) is 8.08. The molecule has 1 aromatic heterocycles. The van der Waals surface area contributed by atoms with Crippen LogP contribution < -0.4 is 0 Å². The Bertz CT molecular complexity index is 1300. The highest BCUT2D eigenvalue weighted by molar-refractivity contribution is 5.87. The first-order valence-corrected chi connectivity index (χ1v) is 13.8. The molecule has 1 atom stereocenters. The van der Waals surface area contributed by atoms with E-state index in [1.54, 1.807) is 12.1 Å². The number of aromatic carboxylic acids is 1. The van der Waals surface area contributed by atoms with Gasteiger partial charge in [0.2, 0.25) is 0 Å². The number of hydrogen-bond donors (Lipinski definition) is 1. The van der Waals surface area contributed by atoms with Crippen LogP contribution in [0.15, 0.2) is 84.9 Å². The minimum absolute atomic E-state index is 0.128. The van der Waals surface area contributed by atoms with Crippen LogP contribution in [0.1, 0.15) is 74.1 Å². The number of benzene rings is 3. The van der Waals surface area contributed by atoms with E-state index in [0.717, 1.165) is 73.5 Å². The molecule has 1 heterocycles. The minimum atomic E-state index is -0.896. The third-order valence-electron chi connectivity index (χ3n) is 7.23. The lowest BCUT2D eigenvalue weighted by Crippen LogP contribution is -2.29. The van der Waals surface area contributed by atoms with E-state index in [0.29, 0.717) is 5.56 Å². The largest absolute Gasteiger partial charge is 0.478 e. The quantitative estimate of drug-likeness (QED) is 0.198. The van der Waals surface area contributed by atoms with Crippen molar-refractivity contribution < 1.29 is 9.90 Å². The molecule has 198 valence electrons. The van der Waals surface area contributed by atoms with Crippen molar-refractivity contribution in [2.75, 3.05) is 6.54 Å². The maximum absolute atomic E-state index is 11.4. The smallest absolute Gasteiger partial charge is 0.335 e. The zero-order valence-corrected chi connectivity index (χ0v) is 22.8. The van der Waals surface area contributed by atoms with Crippen LogP contribution in [0.3, 0.4) is 0 Å². The van der Waals surface area contributed by atoms with Gasteiger partial charge in [0.25, 0.3) is 0 Å². The van der Waals surface area contributed by atoms with E-state index in [-0.39, 0.29) is 6.04 Å². The molecule has 1 N–H and O–H groups in total. The van der Waals surface area contributed by atoms with Gasteiger partial charge in [0, 0.05) is 30.3 Å². The van der Waals surface area contributed by atoms with Crippen LogP contribution in [0.4, 0.5) is 0 Å². The van der Waals surface area contributed by atoms with E-state index in [1.807, 2.05) is 24.3 Å². The zero-order valence-electron chi connectivity index (χ0n) is 22.8. The second-order valence-electron chi connectivity index (χ2n) is 9.90. The van der Waals surface area contributed by atoms with Gasteiger partial charge in [0.15, 0.2) is 0 Å². The van der Waals surface area contributed by atoms with Crippen LogP contribution in [0.25, 0.3) is 22.6 Å². The Hall–Kier alpha value is -3.70. The summed E-state index contributed by atoms with van der Waals surface area (Å²) in [5, 5.41) is 9.35. The molecule has 0 aliphatic carbocycles. The molecule has 0 amide bonds. The monoisotopic (exact) mass is 509 g/mol. The highest BCUT2D eigenvalue weighted by atomic mass is 16.4. The molecule has 5 heteroatoms. The van der Waals surface area contributed by atoms with Gasteiger partial charge in [-0.05, 0) is 44.0 Å². The summed E-state index contributed by atoms with van der Waals surface area (Å²) in [5.74, 6) is 0.120. The molecular formula is C33H39N3O2. The number of imidazole rings is 1. The Morgan fingerprint density at radius 3 is 2.05 bits per heavy atom. The Morgan fingerprint density at radius 1 is 0.868 bits per heavy atom. The van der Waals surface area contributed by atoms with Crippen molar-refractivity contribution in [3.63, 3.8) is 0 Å². The van der Waals surface area contributed by atoms with Crippen molar-refractivity contribution in [3.8, 4) is 22.6 Å². The minimum Gasteiger partial charge on any atom is -0.478 e. The summed E-state index contributed by atoms with van der Waals surface area (Å²) in [6.45, 7) is 9.30. The van der Waals surface area contributed by atoms with Gasteiger partial charge in [0.1, 0.15) is 5.82 Å². The molecule has 0 aliphatic heterocycles. The molecule has 5 nitrogen and oxygen atoms in total. The van der Waals surface area contributed by atoms with Crippen molar-refractivity contribution >= 4 is 5.97 Å². The fourth-order valence-electron chi connectivity index (χ4n) is 4.92. The number of carbonyl (C=O) groups is 1.